The lowest BCUT2D eigenvalue weighted by Gasteiger charge is -2.11. The van der Waals surface area contributed by atoms with Crippen LogP contribution in [0.4, 0.5) is 0 Å². The van der Waals surface area contributed by atoms with Gasteiger partial charge in [0.25, 0.3) is 11.6 Å². The van der Waals surface area contributed by atoms with Crippen molar-refractivity contribution in [1.29, 1.82) is 0 Å². The van der Waals surface area contributed by atoms with Crippen molar-refractivity contribution in [2.45, 2.75) is 13.8 Å². The monoisotopic (exact) mass is 413 g/mol. The molecule has 1 atom stereocenters. The normalized spacial score (nSPS) is 16.3. The molecule has 152 valence electrons. The van der Waals surface area contributed by atoms with Gasteiger partial charge in [-0.05, 0) is 50.2 Å². The van der Waals surface area contributed by atoms with Gasteiger partial charge in [0.15, 0.2) is 0 Å². The summed E-state index contributed by atoms with van der Waals surface area (Å²) >= 11 is 0. The summed E-state index contributed by atoms with van der Waals surface area (Å²) in [6, 6.07) is 25.1. The van der Waals surface area contributed by atoms with Crippen LogP contribution < -0.4 is 0 Å². The van der Waals surface area contributed by atoms with E-state index in [1.807, 2.05) is 26.0 Å². The van der Waals surface area contributed by atoms with Crippen molar-refractivity contribution in [3.8, 4) is 5.69 Å². The summed E-state index contributed by atoms with van der Waals surface area (Å²) in [5.41, 5.74) is 5.82. The quantitative estimate of drug-likeness (QED) is 0.330. The second-order valence-corrected chi connectivity index (χ2v) is 7.76. The summed E-state index contributed by atoms with van der Waals surface area (Å²) < 4.78 is 2.26. The Hall–Kier alpha value is -4.48. The third-order valence-electron chi connectivity index (χ3n) is 5.96. The van der Waals surface area contributed by atoms with Crippen LogP contribution in [-0.4, -0.2) is 16.0 Å². The molecule has 0 N–H and O–H groups in total. The fourth-order valence-electron chi connectivity index (χ4n) is 4.22. The van der Waals surface area contributed by atoms with Crippen molar-refractivity contribution in [1.82, 2.24) is 4.57 Å². The minimum absolute atomic E-state index is 0.0465. The number of para-hydroxylation sites is 2. The molecule has 0 radical (unpaired) electrons. The van der Waals surface area contributed by atoms with E-state index in [9.17, 15) is 0 Å². The number of rotatable bonds is 2. The highest BCUT2D eigenvalue weighted by Gasteiger charge is 2.27. The fraction of sp³-hybridized carbons (Fsp3) is 0.111. The molecule has 1 aliphatic heterocycles. The number of hydrogen-bond donors (Lipinski definition) is 0. The number of fused-ring (bicyclic) bond motifs is 3. The topological polar surface area (TPSA) is 38.4 Å². The van der Waals surface area contributed by atoms with Gasteiger partial charge in [0.1, 0.15) is 11.4 Å². The van der Waals surface area contributed by atoms with E-state index in [4.69, 9.17) is 13.1 Å². The van der Waals surface area contributed by atoms with Gasteiger partial charge in [-0.1, -0.05) is 49.5 Å². The van der Waals surface area contributed by atoms with Crippen molar-refractivity contribution in [3.63, 3.8) is 0 Å². The van der Waals surface area contributed by atoms with Crippen LogP contribution in [0.3, 0.4) is 0 Å². The lowest BCUT2D eigenvalue weighted by molar-refractivity contribution is 1.04. The van der Waals surface area contributed by atoms with E-state index in [0.717, 1.165) is 33.7 Å². The first-order valence-corrected chi connectivity index (χ1v) is 10.3. The summed E-state index contributed by atoms with van der Waals surface area (Å²) in [4.78, 5) is 15.7. The first kappa shape index (κ1) is 19.5. The highest BCUT2D eigenvalue weighted by Crippen LogP contribution is 2.32. The Morgan fingerprint density at radius 3 is 1.84 bits per heavy atom. The van der Waals surface area contributed by atoms with Gasteiger partial charge in [-0.2, -0.15) is 0 Å². The molecule has 4 aromatic rings. The average Bonchev–Trinajstić information content (AvgIpc) is 3.11. The summed E-state index contributed by atoms with van der Waals surface area (Å²) in [5, 5.41) is 2.44. The van der Waals surface area contributed by atoms with Gasteiger partial charge < -0.3 is 14.3 Å². The van der Waals surface area contributed by atoms with E-state index in [0.29, 0.717) is 0 Å². The van der Waals surface area contributed by atoms with Crippen molar-refractivity contribution in [2.75, 3.05) is 0 Å². The lowest BCUT2D eigenvalue weighted by Crippen LogP contribution is -2.19. The molecular weight excluding hydrogens is 394 g/mol. The summed E-state index contributed by atoms with van der Waals surface area (Å²) in [6.45, 7) is 18.7. The smallest absolute Gasteiger partial charge is 0.293 e. The SMILES string of the molecule is [C-]#[N+]C1=C([N+]#[C-])N=C(c2ccc(-n3c4ccccc4c4ccccc43)cc2)C(C)C(C)=N1. The number of nitrogens with zero attached hydrogens (tertiary/aromatic N) is 5. The van der Waals surface area contributed by atoms with Crippen molar-refractivity contribution < 1.29 is 0 Å². The number of aromatic nitrogens is 1. The third kappa shape index (κ3) is 3.00. The predicted molar refractivity (Wildman–Crippen MR) is 130 cm³/mol. The molecule has 32 heavy (non-hydrogen) atoms. The van der Waals surface area contributed by atoms with Crippen molar-refractivity contribution in [3.05, 3.63) is 113 Å². The van der Waals surface area contributed by atoms with Crippen LogP contribution in [0.15, 0.2) is 94.4 Å². The van der Waals surface area contributed by atoms with Gasteiger partial charge in [-0.25, -0.2) is 0 Å². The fourth-order valence-corrected chi connectivity index (χ4v) is 4.22. The Bertz CT molecular complexity index is 1500. The molecule has 0 spiro atoms. The molecular formula is C27H19N5. The zero-order chi connectivity index (χ0) is 22.2. The maximum Gasteiger partial charge on any atom is 0.293 e. The van der Waals surface area contributed by atoms with Crippen LogP contribution in [-0.2, 0) is 0 Å². The lowest BCUT2D eigenvalue weighted by atomic mass is 9.94. The van der Waals surface area contributed by atoms with E-state index in [2.05, 4.69) is 84.9 Å². The molecule has 1 aromatic heterocycles. The third-order valence-corrected chi connectivity index (χ3v) is 5.96. The summed E-state index contributed by atoms with van der Waals surface area (Å²) in [5.74, 6) is 0.0107. The van der Waals surface area contributed by atoms with Gasteiger partial charge in [-0.3, -0.25) is 0 Å². The van der Waals surface area contributed by atoms with Gasteiger partial charge in [0.05, 0.1) is 17.0 Å². The first-order chi connectivity index (χ1) is 15.6. The van der Waals surface area contributed by atoms with Gasteiger partial charge >= 0.3 is 0 Å². The molecule has 5 heteroatoms. The predicted octanol–water partition coefficient (Wildman–Crippen LogP) is 6.65. The molecule has 0 fully saturated rings. The maximum absolute atomic E-state index is 7.44. The van der Waals surface area contributed by atoms with E-state index in [1.54, 1.807) is 0 Å². The molecule has 3 aromatic carbocycles. The van der Waals surface area contributed by atoms with E-state index in [-0.39, 0.29) is 17.6 Å². The molecule has 0 saturated carbocycles. The van der Waals surface area contributed by atoms with Crippen molar-refractivity contribution >= 4 is 33.2 Å². The number of benzene rings is 3. The highest BCUT2D eigenvalue weighted by atomic mass is 15.1. The van der Waals surface area contributed by atoms with Crippen LogP contribution in [0.2, 0.25) is 0 Å². The minimum Gasteiger partial charge on any atom is -0.370 e. The Balaban J connectivity index is 1.66. The van der Waals surface area contributed by atoms with Crippen LogP contribution in [0.25, 0.3) is 37.2 Å². The summed E-state index contributed by atoms with van der Waals surface area (Å²) in [7, 11) is 0. The van der Waals surface area contributed by atoms with Crippen molar-refractivity contribution in [2.24, 2.45) is 15.9 Å². The number of hydrogen-bond acceptors (Lipinski definition) is 2. The second-order valence-electron chi connectivity index (χ2n) is 7.76. The Morgan fingerprint density at radius 2 is 1.28 bits per heavy atom. The first-order valence-electron chi connectivity index (χ1n) is 10.3. The van der Waals surface area contributed by atoms with Crippen LogP contribution >= 0.6 is 0 Å². The highest BCUT2D eigenvalue weighted by molar-refractivity contribution is 6.15. The standard InChI is InChI=1S/C27H19N5/c1-17-18(2)30-26(28-3)27(29-4)31-25(17)19-13-15-20(16-14-19)32-23-11-7-5-9-21(23)22-10-6-8-12-24(22)32/h5-17H,1-2H3. The Labute approximate surface area is 186 Å². The molecule has 0 aliphatic carbocycles. The second kappa shape index (κ2) is 7.65. The largest absolute Gasteiger partial charge is 0.370 e. The summed E-state index contributed by atoms with van der Waals surface area (Å²) in [6.07, 6.45) is 0. The molecule has 0 bridgehead atoms. The molecule has 1 unspecified atom stereocenters. The van der Waals surface area contributed by atoms with Gasteiger partial charge in [0.2, 0.25) is 0 Å². The van der Waals surface area contributed by atoms with E-state index in [1.165, 1.54) is 10.8 Å². The molecule has 2 heterocycles. The van der Waals surface area contributed by atoms with E-state index < -0.39 is 0 Å². The zero-order valence-electron chi connectivity index (χ0n) is 17.7. The molecule has 5 nitrogen and oxygen atoms in total. The average molecular weight is 413 g/mol. The van der Waals surface area contributed by atoms with E-state index >= 15 is 0 Å². The molecule has 1 aliphatic rings. The van der Waals surface area contributed by atoms with Crippen LogP contribution in [0, 0.1) is 19.1 Å². The zero-order valence-corrected chi connectivity index (χ0v) is 17.7. The Kier molecular flexibility index (Phi) is 4.66. The minimum atomic E-state index is -0.0925. The van der Waals surface area contributed by atoms with Gasteiger partial charge in [0, 0.05) is 22.0 Å². The van der Waals surface area contributed by atoms with Gasteiger partial charge in [-0.15, -0.1) is 9.98 Å². The Morgan fingerprint density at radius 1 is 0.750 bits per heavy atom. The van der Waals surface area contributed by atoms with Crippen LogP contribution in [0.1, 0.15) is 19.4 Å². The molecule has 0 saturated heterocycles. The molecule has 5 rings (SSSR count). The maximum atomic E-state index is 7.44. The number of aliphatic imine (C=N–C) groups is 2. The van der Waals surface area contributed by atoms with Crippen LogP contribution in [0.5, 0.6) is 0 Å². The molecule has 0 amide bonds.